The Morgan fingerprint density at radius 2 is 2.18 bits per heavy atom. The van der Waals surface area contributed by atoms with Crippen LogP contribution in [-0.4, -0.2) is 29.0 Å². The molecule has 2 rings (SSSR count). The summed E-state index contributed by atoms with van der Waals surface area (Å²) in [5.74, 6) is 1.05. The number of benzene rings is 1. The number of hydrogen-bond acceptors (Lipinski definition) is 3. The Hall–Kier alpha value is -1.00. The van der Waals surface area contributed by atoms with Gasteiger partial charge in [-0.05, 0) is 25.5 Å². The summed E-state index contributed by atoms with van der Waals surface area (Å²) in [4.78, 5) is 4.67. The van der Waals surface area contributed by atoms with Crippen molar-refractivity contribution >= 4 is 22.8 Å². The Balaban J connectivity index is 2.15. The van der Waals surface area contributed by atoms with E-state index in [2.05, 4.69) is 34.7 Å². The van der Waals surface area contributed by atoms with Crippen LogP contribution in [0.4, 0.5) is 0 Å². The van der Waals surface area contributed by atoms with Crippen LogP contribution in [0.15, 0.2) is 29.4 Å². The monoisotopic (exact) mass is 250 g/mol. The molecule has 0 atom stereocenters. The van der Waals surface area contributed by atoms with Crippen molar-refractivity contribution in [2.75, 3.05) is 19.5 Å². The first-order chi connectivity index (χ1) is 8.36. The van der Waals surface area contributed by atoms with Gasteiger partial charge in [0.2, 0.25) is 0 Å². The first-order valence-electron chi connectivity index (χ1n) is 5.93. The van der Waals surface area contributed by atoms with Gasteiger partial charge in [0.25, 0.3) is 0 Å². The predicted octanol–water partition coefficient (Wildman–Crippen LogP) is 3.18. The number of thioether (sulfide) groups is 1. The van der Waals surface area contributed by atoms with Gasteiger partial charge in [-0.25, -0.2) is 4.98 Å². The van der Waals surface area contributed by atoms with Gasteiger partial charge in [-0.1, -0.05) is 23.9 Å². The van der Waals surface area contributed by atoms with Gasteiger partial charge in [0.1, 0.15) is 0 Å². The molecule has 0 saturated heterocycles. The molecule has 2 aromatic rings. The largest absolute Gasteiger partial charge is 0.385 e. The molecule has 1 aromatic carbocycles. The van der Waals surface area contributed by atoms with Gasteiger partial charge in [0.05, 0.1) is 11.0 Å². The molecule has 0 amide bonds. The minimum Gasteiger partial charge on any atom is -0.385 e. The zero-order chi connectivity index (χ0) is 12.1. The van der Waals surface area contributed by atoms with E-state index < -0.39 is 0 Å². The summed E-state index contributed by atoms with van der Waals surface area (Å²) in [6, 6.07) is 8.30. The van der Waals surface area contributed by atoms with E-state index in [0.29, 0.717) is 0 Å². The van der Waals surface area contributed by atoms with Crippen molar-refractivity contribution < 1.29 is 4.74 Å². The van der Waals surface area contributed by atoms with Crippen molar-refractivity contribution in [1.82, 2.24) is 9.55 Å². The van der Waals surface area contributed by atoms with E-state index in [1.54, 1.807) is 7.11 Å². The average Bonchev–Trinajstić information content (AvgIpc) is 2.72. The highest BCUT2D eigenvalue weighted by molar-refractivity contribution is 7.99. The lowest BCUT2D eigenvalue weighted by Crippen LogP contribution is -1.97. The maximum Gasteiger partial charge on any atom is 0.169 e. The Kier molecular flexibility index (Phi) is 4.45. The summed E-state index contributed by atoms with van der Waals surface area (Å²) in [6.45, 7) is 3.94. The molecule has 0 aliphatic carbocycles. The SMILES string of the molecule is CCn1c(SCCCOC)nc2ccccc21. The average molecular weight is 250 g/mol. The van der Waals surface area contributed by atoms with Gasteiger partial charge in [-0.3, -0.25) is 0 Å². The van der Waals surface area contributed by atoms with Crippen LogP contribution in [-0.2, 0) is 11.3 Å². The van der Waals surface area contributed by atoms with Crippen LogP contribution in [0.1, 0.15) is 13.3 Å². The van der Waals surface area contributed by atoms with Crippen molar-refractivity contribution in [2.24, 2.45) is 0 Å². The highest BCUT2D eigenvalue weighted by Crippen LogP contribution is 2.24. The minimum absolute atomic E-state index is 0.819. The highest BCUT2D eigenvalue weighted by atomic mass is 32.2. The summed E-state index contributed by atoms with van der Waals surface area (Å²) in [5, 5.41) is 1.12. The van der Waals surface area contributed by atoms with Crippen molar-refractivity contribution in [2.45, 2.75) is 25.0 Å². The van der Waals surface area contributed by atoms with E-state index in [0.717, 1.165) is 36.0 Å². The predicted molar refractivity (Wildman–Crippen MR) is 72.6 cm³/mol. The molecule has 0 aliphatic heterocycles. The third-order valence-corrected chi connectivity index (χ3v) is 3.72. The lowest BCUT2D eigenvalue weighted by molar-refractivity contribution is 0.200. The summed E-state index contributed by atoms with van der Waals surface area (Å²) >= 11 is 1.81. The van der Waals surface area contributed by atoms with Crippen molar-refractivity contribution in [3.05, 3.63) is 24.3 Å². The summed E-state index contributed by atoms with van der Waals surface area (Å²) in [6.07, 6.45) is 1.06. The number of hydrogen-bond donors (Lipinski definition) is 0. The zero-order valence-electron chi connectivity index (χ0n) is 10.3. The van der Waals surface area contributed by atoms with Crippen LogP contribution in [0.3, 0.4) is 0 Å². The summed E-state index contributed by atoms with van der Waals surface area (Å²) < 4.78 is 7.33. The number of ether oxygens (including phenoxy) is 1. The second-order valence-electron chi connectivity index (χ2n) is 3.82. The molecule has 0 bridgehead atoms. The molecule has 0 saturated carbocycles. The maximum absolute atomic E-state index is 5.05. The second-order valence-corrected chi connectivity index (χ2v) is 4.88. The Morgan fingerprint density at radius 1 is 1.35 bits per heavy atom. The molecule has 0 spiro atoms. The van der Waals surface area contributed by atoms with Crippen LogP contribution < -0.4 is 0 Å². The molecule has 0 N–H and O–H groups in total. The fourth-order valence-electron chi connectivity index (χ4n) is 1.84. The third-order valence-electron chi connectivity index (χ3n) is 2.66. The van der Waals surface area contributed by atoms with Crippen LogP contribution in [0.2, 0.25) is 0 Å². The first kappa shape index (κ1) is 12.5. The number of nitrogens with zero attached hydrogens (tertiary/aromatic N) is 2. The van der Waals surface area contributed by atoms with Gasteiger partial charge < -0.3 is 9.30 Å². The molecular formula is C13H18N2OS. The first-order valence-corrected chi connectivity index (χ1v) is 6.92. The normalized spacial score (nSPS) is 11.2. The number of imidazole rings is 1. The van der Waals surface area contributed by atoms with Gasteiger partial charge in [0.15, 0.2) is 5.16 Å². The molecule has 1 aromatic heterocycles. The molecular weight excluding hydrogens is 232 g/mol. The minimum atomic E-state index is 0.819. The molecule has 92 valence electrons. The van der Waals surface area contributed by atoms with E-state index in [1.807, 2.05) is 17.8 Å². The fourth-order valence-corrected chi connectivity index (χ4v) is 2.83. The zero-order valence-corrected chi connectivity index (χ0v) is 11.2. The Morgan fingerprint density at radius 3 is 2.94 bits per heavy atom. The van der Waals surface area contributed by atoms with Gasteiger partial charge in [0, 0.05) is 26.0 Å². The number of methoxy groups -OCH3 is 1. The van der Waals surface area contributed by atoms with Crippen LogP contribution in [0, 0.1) is 0 Å². The molecule has 0 fully saturated rings. The van der Waals surface area contributed by atoms with Crippen LogP contribution in [0.5, 0.6) is 0 Å². The topological polar surface area (TPSA) is 27.1 Å². The van der Waals surface area contributed by atoms with Crippen molar-refractivity contribution in [3.8, 4) is 0 Å². The Bertz CT molecular complexity index is 481. The van der Waals surface area contributed by atoms with Gasteiger partial charge >= 0.3 is 0 Å². The molecule has 0 aliphatic rings. The van der Waals surface area contributed by atoms with E-state index in [-0.39, 0.29) is 0 Å². The van der Waals surface area contributed by atoms with Gasteiger partial charge in [-0.15, -0.1) is 0 Å². The molecule has 17 heavy (non-hydrogen) atoms. The standard InChI is InChI=1S/C13H18N2OS/c1-3-15-12-8-5-4-7-11(12)14-13(15)17-10-6-9-16-2/h4-5,7-8H,3,6,9-10H2,1-2H3. The van der Waals surface area contributed by atoms with Gasteiger partial charge in [-0.2, -0.15) is 0 Å². The lowest BCUT2D eigenvalue weighted by atomic mass is 10.3. The molecule has 1 heterocycles. The van der Waals surface area contributed by atoms with E-state index >= 15 is 0 Å². The fraction of sp³-hybridized carbons (Fsp3) is 0.462. The third kappa shape index (κ3) is 2.82. The summed E-state index contributed by atoms with van der Waals surface area (Å²) in [7, 11) is 1.74. The number of fused-ring (bicyclic) bond motifs is 1. The summed E-state index contributed by atoms with van der Waals surface area (Å²) in [5.41, 5.74) is 2.31. The van der Waals surface area contributed by atoms with Crippen molar-refractivity contribution in [3.63, 3.8) is 0 Å². The quantitative estimate of drug-likeness (QED) is 0.582. The molecule has 0 unspecified atom stereocenters. The lowest BCUT2D eigenvalue weighted by Gasteiger charge is -2.05. The number of para-hydroxylation sites is 2. The molecule has 4 heteroatoms. The van der Waals surface area contributed by atoms with Crippen LogP contribution >= 0.6 is 11.8 Å². The van der Waals surface area contributed by atoms with E-state index in [4.69, 9.17) is 4.74 Å². The maximum atomic E-state index is 5.05. The number of aryl methyl sites for hydroxylation is 1. The number of rotatable bonds is 6. The van der Waals surface area contributed by atoms with Crippen molar-refractivity contribution in [1.29, 1.82) is 0 Å². The Labute approximate surface area is 106 Å². The molecule has 3 nitrogen and oxygen atoms in total. The van der Waals surface area contributed by atoms with E-state index in [1.165, 1.54) is 5.52 Å². The van der Waals surface area contributed by atoms with Crippen LogP contribution in [0.25, 0.3) is 11.0 Å². The number of aromatic nitrogens is 2. The smallest absolute Gasteiger partial charge is 0.169 e. The highest BCUT2D eigenvalue weighted by Gasteiger charge is 2.08. The second kappa shape index (κ2) is 6.07. The molecule has 0 radical (unpaired) electrons. The van der Waals surface area contributed by atoms with E-state index in [9.17, 15) is 0 Å².